The van der Waals surface area contributed by atoms with E-state index in [2.05, 4.69) is 0 Å². The summed E-state index contributed by atoms with van der Waals surface area (Å²) in [5.41, 5.74) is 0. The SMILES string of the molecule is O=C(Oc1ccccc1F)[C@@H]1COc2ccccc2O1. The van der Waals surface area contributed by atoms with Gasteiger partial charge in [-0.1, -0.05) is 24.3 Å². The molecule has 0 saturated heterocycles. The van der Waals surface area contributed by atoms with E-state index in [1.54, 1.807) is 30.3 Å². The van der Waals surface area contributed by atoms with E-state index in [9.17, 15) is 9.18 Å². The fourth-order valence-electron chi connectivity index (χ4n) is 1.84. The summed E-state index contributed by atoms with van der Waals surface area (Å²) in [6, 6.07) is 12.7. The van der Waals surface area contributed by atoms with E-state index in [4.69, 9.17) is 14.2 Å². The molecule has 3 rings (SSSR count). The zero-order valence-corrected chi connectivity index (χ0v) is 10.4. The minimum atomic E-state index is -0.912. The van der Waals surface area contributed by atoms with Crippen LogP contribution in [0.25, 0.3) is 0 Å². The second-order valence-corrected chi connectivity index (χ2v) is 4.22. The molecule has 0 radical (unpaired) electrons. The molecular formula is C15H11FO4. The quantitative estimate of drug-likeness (QED) is 0.623. The van der Waals surface area contributed by atoms with Gasteiger partial charge < -0.3 is 14.2 Å². The zero-order chi connectivity index (χ0) is 13.9. The molecule has 0 aliphatic carbocycles. The number of halogens is 1. The van der Waals surface area contributed by atoms with Crippen molar-refractivity contribution < 1.29 is 23.4 Å². The minimum absolute atomic E-state index is 0.0320. The number of esters is 1. The van der Waals surface area contributed by atoms with E-state index < -0.39 is 17.9 Å². The highest BCUT2D eigenvalue weighted by Crippen LogP contribution is 2.31. The van der Waals surface area contributed by atoms with Crippen LogP contribution in [0.3, 0.4) is 0 Å². The van der Waals surface area contributed by atoms with Gasteiger partial charge in [-0.25, -0.2) is 9.18 Å². The third-order valence-electron chi connectivity index (χ3n) is 2.82. The summed E-state index contributed by atoms with van der Waals surface area (Å²) in [7, 11) is 0. The molecule has 2 aromatic carbocycles. The summed E-state index contributed by atoms with van der Waals surface area (Å²) in [5, 5.41) is 0. The molecule has 0 saturated carbocycles. The van der Waals surface area contributed by atoms with Crippen LogP contribution in [-0.2, 0) is 4.79 Å². The zero-order valence-electron chi connectivity index (χ0n) is 10.4. The Hall–Kier alpha value is -2.56. The number of para-hydroxylation sites is 3. The average molecular weight is 274 g/mol. The lowest BCUT2D eigenvalue weighted by Gasteiger charge is -2.24. The fourth-order valence-corrected chi connectivity index (χ4v) is 1.84. The molecule has 0 unspecified atom stereocenters. The third kappa shape index (κ3) is 2.42. The Kier molecular flexibility index (Phi) is 3.25. The Morgan fingerprint density at radius 3 is 2.60 bits per heavy atom. The number of carbonyl (C=O) groups is 1. The number of hydrogen-bond donors (Lipinski definition) is 0. The lowest BCUT2D eigenvalue weighted by atomic mass is 10.2. The maximum Gasteiger partial charge on any atom is 0.356 e. The number of rotatable bonds is 2. The van der Waals surface area contributed by atoms with Crippen molar-refractivity contribution in [2.45, 2.75) is 6.10 Å². The molecule has 20 heavy (non-hydrogen) atoms. The topological polar surface area (TPSA) is 44.8 Å². The normalized spacial score (nSPS) is 16.6. The lowest BCUT2D eigenvalue weighted by Crippen LogP contribution is -2.39. The van der Waals surface area contributed by atoms with Crippen LogP contribution in [0.1, 0.15) is 0 Å². The molecule has 4 nitrogen and oxygen atoms in total. The van der Waals surface area contributed by atoms with Crippen molar-refractivity contribution in [3.63, 3.8) is 0 Å². The predicted molar refractivity (Wildman–Crippen MR) is 68.4 cm³/mol. The van der Waals surface area contributed by atoms with Crippen LogP contribution in [0.5, 0.6) is 17.2 Å². The van der Waals surface area contributed by atoms with Crippen molar-refractivity contribution in [1.29, 1.82) is 0 Å². The van der Waals surface area contributed by atoms with Crippen molar-refractivity contribution >= 4 is 5.97 Å². The molecule has 1 heterocycles. The number of benzene rings is 2. The van der Waals surface area contributed by atoms with Gasteiger partial charge in [0.15, 0.2) is 23.1 Å². The average Bonchev–Trinajstić information content (AvgIpc) is 2.49. The first-order chi connectivity index (χ1) is 9.74. The molecule has 1 atom stereocenters. The second kappa shape index (κ2) is 5.21. The first-order valence-electron chi connectivity index (χ1n) is 6.09. The molecule has 5 heteroatoms. The van der Waals surface area contributed by atoms with Crippen LogP contribution in [0.4, 0.5) is 4.39 Å². The highest BCUT2D eigenvalue weighted by molar-refractivity contribution is 5.78. The molecule has 1 aliphatic heterocycles. The van der Waals surface area contributed by atoms with Crippen LogP contribution >= 0.6 is 0 Å². The number of fused-ring (bicyclic) bond motifs is 1. The van der Waals surface area contributed by atoms with Gasteiger partial charge in [0.2, 0.25) is 6.10 Å². The summed E-state index contributed by atoms with van der Waals surface area (Å²) in [6.07, 6.45) is -0.912. The lowest BCUT2D eigenvalue weighted by molar-refractivity contribution is -0.144. The Morgan fingerprint density at radius 1 is 1.10 bits per heavy atom. The molecule has 0 N–H and O–H groups in total. The number of hydrogen-bond acceptors (Lipinski definition) is 4. The monoisotopic (exact) mass is 274 g/mol. The van der Waals surface area contributed by atoms with E-state index in [1.165, 1.54) is 18.2 Å². The van der Waals surface area contributed by atoms with E-state index in [-0.39, 0.29) is 12.4 Å². The summed E-state index contributed by atoms with van der Waals surface area (Å²) in [5.74, 6) is -0.376. The van der Waals surface area contributed by atoms with Crippen LogP contribution in [0, 0.1) is 5.82 Å². The molecule has 0 aromatic heterocycles. The van der Waals surface area contributed by atoms with Gasteiger partial charge in [-0.15, -0.1) is 0 Å². The minimum Gasteiger partial charge on any atom is -0.485 e. The molecule has 0 spiro atoms. The summed E-state index contributed by atoms with van der Waals surface area (Å²) >= 11 is 0. The Balaban J connectivity index is 1.72. The fraction of sp³-hybridized carbons (Fsp3) is 0.133. The van der Waals surface area contributed by atoms with Gasteiger partial charge >= 0.3 is 5.97 Å². The highest BCUT2D eigenvalue weighted by atomic mass is 19.1. The standard InChI is InChI=1S/C15H11FO4/c16-10-5-1-2-6-11(10)20-15(17)14-9-18-12-7-3-4-8-13(12)19-14/h1-8,14H,9H2/t14-/m0/s1. The van der Waals surface area contributed by atoms with Crippen LogP contribution in [0.15, 0.2) is 48.5 Å². The van der Waals surface area contributed by atoms with Gasteiger partial charge in [0, 0.05) is 0 Å². The van der Waals surface area contributed by atoms with Crippen molar-refractivity contribution in [2.75, 3.05) is 6.61 Å². The summed E-state index contributed by atoms with van der Waals surface area (Å²) in [4.78, 5) is 11.9. The van der Waals surface area contributed by atoms with E-state index in [1.807, 2.05) is 0 Å². The van der Waals surface area contributed by atoms with E-state index in [0.29, 0.717) is 11.5 Å². The largest absolute Gasteiger partial charge is 0.485 e. The molecular weight excluding hydrogens is 263 g/mol. The van der Waals surface area contributed by atoms with Gasteiger partial charge in [-0.05, 0) is 24.3 Å². The predicted octanol–water partition coefficient (Wildman–Crippen LogP) is 2.57. The van der Waals surface area contributed by atoms with E-state index >= 15 is 0 Å². The smallest absolute Gasteiger partial charge is 0.356 e. The molecule has 0 bridgehead atoms. The Bertz CT molecular complexity index is 641. The second-order valence-electron chi connectivity index (χ2n) is 4.22. The van der Waals surface area contributed by atoms with Crippen LogP contribution in [0.2, 0.25) is 0 Å². The first-order valence-corrected chi connectivity index (χ1v) is 6.09. The molecule has 102 valence electrons. The van der Waals surface area contributed by atoms with E-state index in [0.717, 1.165) is 0 Å². The third-order valence-corrected chi connectivity index (χ3v) is 2.82. The summed E-state index contributed by atoms with van der Waals surface area (Å²) in [6.45, 7) is 0.0320. The van der Waals surface area contributed by atoms with Crippen molar-refractivity contribution in [3.05, 3.63) is 54.3 Å². The van der Waals surface area contributed by atoms with Gasteiger partial charge in [-0.3, -0.25) is 0 Å². The molecule has 1 aliphatic rings. The number of carbonyl (C=O) groups excluding carboxylic acids is 1. The van der Waals surface area contributed by atoms with Gasteiger partial charge in [0.05, 0.1) is 0 Å². The molecule has 0 amide bonds. The van der Waals surface area contributed by atoms with Crippen molar-refractivity contribution in [2.24, 2.45) is 0 Å². The maximum atomic E-state index is 13.4. The van der Waals surface area contributed by atoms with Crippen LogP contribution < -0.4 is 14.2 Å². The first kappa shape index (κ1) is 12.5. The van der Waals surface area contributed by atoms with Crippen molar-refractivity contribution in [3.8, 4) is 17.2 Å². The number of ether oxygens (including phenoxy) is 3. The Labute approximate surface area is 114 Å². The highest BCUT2D eigenvalue weighted by Gasteiger charge is 2.29. The Morgan fingerprint density at radius 2 is 1.80 bits per heavy atom. The molecule has 0 fully saturated rings. The van der Waals surface area contributed by atoms with Crippen molar-refractivity contribution in [1.82, 2.24) is 0 Å². The van der Waals surface area contributed by atoms with Gasteiger partial charge in [0.25, 0.3) is 0 Å². The maximum absolute atomic E-state index is 13.4. The van der Waals surface area contributed by atoms with Gasteiger partial charge in [0.1, 0.15) is 6.61 Å². The van der Waals surface area contributed by atoms with Crippen LogP contribution in [-0.4, -0.2) is 18.7 Å². The summed E-state index contributed by atoms with van der Waals surface area (Å²) < 4.78 is 29.3. The molecule has 2 aromatic rings. The van der Waals surface area contributed by atoms with Gasteiger partial charge in [-0.2, -0.15) is 0 Å².